The van der Waals surface area contributed by atoms with Crippen molar-refractivity contribution in [3.05, 3.63) is 56.1 Å². The van der Waals surface area contributed by atoms with E-state index in [4.69, 9.17) is 28.9 Å². The summed E-state index contributed by atoms with van der Waals surface area (Å²) in [5.74, 6) is -1.33. The van der Waals surface area contributed by atoms with Crippen molar-refractivity contribution in [3.8, 4) is 0 Å². The topological polar surface area (TPSA) is 57.6 Å². The van der Waals surface area contributed by atoms with Crippen molar-refractivity contribution >= 4 is 74.9 Å². The highest BCUT2D eigenvalue weighted by Crippen LogP contribution is 2.37. The number of hydrogen-bond acceptors (Lipinski definition) is 5. The summed E-state index contributed by atoms with van der Waals surface area (Å²) >= 11 is 13.7. The first-order valence-electron chi connectivity index (χ1n) is 6.32. The van der Waals surface area contributed by atoms with Crippen LogP contribution in [0.25, 0.3) is 6.08 Å². The molecular formula is C15H8ClNO3S3. The standard InChI is InChI=1S/C15H8ClNO3S3/c16-12-5-4-10(22-12)7-11-13(18)17(15(21)23-11)9-3-1-2-8(6-9)14(19)20/h1-7H,(H,19,20)/b11-7+. The molecule has 2 heterocycles. The molecule has 1 N–H and O–H groups in total. The Kier molecular flexibility index (Phi) is 4.54. The van der Waals surface area contributed by atoms with E-state index in [1.807, 2.05) is 6.07 Å². The minimum atomic E-state index is -1.05. The van der Waals surface area contributed by atoms with Gasteiger partial charge in [0.15, 0.2) is 4.32 Å². The Hall–Kier alpha value is -1.67. The Morgan fingerprint density at radius 1 is 1.30 bits per heavy atom. The molecule has 8 heteroatoms. The molecule has 0 radical (unpaired) electrons. The molecule has 0 atom stereocenters. The van der Waals surface area contributed by atoms with Crippen molar-refractivity contribution in [1.82, 2.24) is 0 Å². The average molecular weight is 382 g/mol. The Balaban J connectivity index is 1.94. The molecule has 116 valence electrons. The lowest BCUT2D eigenvalue weighted by molar-refractivity contribution is -0.113. The molecule has 1 fully saturated rings. The summed E-state index contributed by atoms with van der Waals surface area (Å²) in [6.07, 6.45) is 1.73. The molecule has 1 aromatic carbocycles. The van der Waals surface area contributed by atoms with Crippen LogP contribution < -0.4 is 4.90 Å². The largest absolute Gasteiger partial charge is 0.478 e. The molecule has 0 bridgehead atoms. The van der Waals surface area contributed by atoms with Crippen molar-refractivity contribution in [2.75, 3.05) is 4.90 Å². The lowest BCUT2D eigenvalue weighted by atomic mass is 10.2. The highest BCUT2D eigenvalue weighted by Gasteiger charge is 2.33. The number of rotatable bonds is 3. The molecule has 2 aromatic rings. The molecule has 0 saturated carbocycles. The van der Waals surface area contributed by atoms with E-state index >= 15 is 0 Å². The van der Waals surface area contributed by atoms with Gasteiger partial charge in [0.2, 0.25) is 0 Å². The van der Waals surface area contributed by atoms with E-state index in [1.165, 1.54) is 40.1 Å². The molecule has 23 heavy (non-hydrogen) atoms. The number of carbonyl (C=O) groups is 2. The third kappa shape index (κ3) is 3.32. The lowest BCUT2D eigenvalue weighted by Crippen LogP contribution is -2.27. The van der Waals surface area contributed by atoms with E-state index in [1.54, 1.807) is 24.3 Å². The lowest BCUT2D eigenvalue weighted by Gasteiger charge is -2.14. The predicted octanol–water partition coefficient (Wildman–Crippen LogP) is 4.51. The van der Waals surface area contributed by atoms with Crippen LogP contribution in [0, 0.1) is 0 Å². The second-order valence-electron chi connectivity index (χ2n) is 4.51. The monoisotopic (exact) mass is 381 g/mol. The number of hydrogen-bond donors (Lipinski definition) is 1. The summed E-state index contributed by atoms with van der Waals surface area (Å²) in [5.41, 5.74) is 0.547. The van der Waals surface area contributed by atoms with E-state index in [0.717, 1.165) is 4.88 Å². The summed E-state index contributed by atoms with van der Waals surface area (Å²) in [6.45, 7) is 0. The minimum absolute atomic E-state index is 0.102. The van der Waals surface area contributed by atoms with Crippen LogP contribution in [0.3, 0.4) is 0 Å². The molecule has 1 aliphatic rings. The third-order valence-corrected chi connectivity index (χ3v) is 5.49. The second-order valence-corrected chi connectivity index (χ2v) is 7.94. The van der Waals surface area contributed by atoms with E-state index in [-0.39, 0.29) is 11.5 Å². The molecule has 0 spiro atoms. The van der Waals surface area contributed by atoms with Crippen molar-refractivity contribution in [2.45, 2.75) is 0 Å². The van der Waals surface area contributed by atoms with Gasteiger partial charge in [-0.25, -0.2) is 4.79 Å². The van der Waals surface area contributed by atoms with E-state index in [2.05, 4.69) is 0 Å². The van der Waals surface area contributed by atoms with Crippen molar-refractivity contribution < 1.29 is 14.7 Å². The summed E-state index contributed by atoms with van der Waals surface area (Å²) in [6, 6.07) is 9.72. The Labute approximate surface area is 150 Å². The Morgan fingerprint density at radius 2 is 2.09 bits per heavy atom. The number of carboxylic acids is 1. The van der Waals surface area contributed by atoms with Gasteiger partial charge in [-0.3, -0.25) is 9.69 Å². The fourth-order valence-corrected chi connectivity index (χ4v) is 4.37. The maximum atomic E-state index is 12.6. The van der Waals surface area contributed by atoms with Gasteiger partial charge in [-0.2, -0.15) is 0 Å². The van der Waals surface area contributed by atoms with Crippen LogP contribution >= 0.6 is 46.9 Å². The molecular weight excluding hydrogens is 374 g/mol. The second kappa shape index (κ2) is 6.45. The van der Waals surface area contributed by atoms with Crippen LogP contribution in [-0.4, -0.2) is 21.3 Å². The first-order chi connectivity index (χ1) is 11.0. The normalized spacial score (nSPS) is 16.4. The molecule has 1 aliphatic heterocycles. The van der Waals surface area contributed by atoms with Crippen molar-refractivity contribution in [2.24, 2.45) is 0 Å². The van der Waals surface area contributed by atoms with Gasteiger partial charge < -0.3 is 5.11 Å². The van der Waals surface area contributed by atoms with Crippen LogP contribution in [0.15, 0.2) is 41.3 Å². The summed E-state index contributed by atoms with van der Waals surface area (Å²) in [7, 11) is 0. The molecule has 1 saturated heterocycles. The quantitative estimate of drug-likeness (QED) is 0.626. The SMILES string of the molecule is O=C(O)c1cccc(N2C(=O)/C(=C\c3ccc(Cl)s3)SC2=S)c1. The maximum Gasteiger partial charge on any atom is 0.335 e. The van der Waals surface area contributed by atoms with Gasteiger partial charge in [-0.05, 0) is 36.4 Å². The number of thioether (sulfide) groups is 1. The van der Waals surface area contributed by atoms with Gasteiger partial charge >= 0.3 is 5.97 Å². The fourth-order valence-electron chi connectivity index (χ4n) is 2.00. The molecule has 1 amide bonds. The smallest absolute Gasteiger partial charge is 0.335 e. The molecule has 0 unspecified atom stereocenters. The van der Waals surface area contributed by atoms with Gasteiger partial charge in [0.25, 0.3) is 5.91 Å². The number of benzene rings is 1. The molecule has 1 aromatic heterocycles. The maximum absolute atomic E-state index is 12.6. The van der Waals surface area contributed by atoms with Gasteiger partial charge in [0.1, 0.15) is 0 Å². The Bertz CT molecular complexity index is 859. The first kappa shape index (κ1) is 16.2. The van der Waals surface area contributed by atoms with Crippen molar-refractivity contribution in [1.29, 1.82) is 0 Å². The third-order valence-electron chi connectivity index (χ3n) is 3.01. The van der Waals surface area contributed by atoms with Crippen LogP contribution in [0.4, 0.5) is 5.69 Å². The molecule has 3 rings (SSSR count). The van der Waals surface area contributed by atoms with Crippen LogP contribution in [-0.2, 0) is 4.79 Å². The number of thiophene rings is 1. The predicted molar refractivity (Wildman–Crippen MR) is 98.4 cm³/mol. The summed E-state index contributed by atoms with van der Waals surface area (Å²) < 4.78 is 1.01. The molecule has 4 nitrogen and oxygen atoms in total. The number of anilines is 1. The van der Waals surface area contributed by atoms with E-state index < -0.39 is 5.97 Å². The zero-order valence-electron chi connectivity index (χ0n) is 11.4. The number of carboxylic acid groups (broad SMARTS) is 1. The zero-order valence-corrected chi connectivity index (χ0v) is 14.6. The van der Waals surface area contributed by atoms with E-state index in [0.29, 0.717) is 19.2 Å². The van der Waals surface area contributed by atoms with E-state index in [9.17, 15) is 9.59 Å². The molecule has 0 aliphatic carbocycles. The summed E-state index contributed by atoms with van der Waals surface area (Å²) in [4.78, 5) is 26.3. The van der Waals surface area contributed by atoms with Crippen LogP contribution in [0.5, 0.6) is 0 Å². The first-order valence-corrected chi connectivity index (χ1v) is 8.74. The van der Waals surface area contributed by atoms with Gasteiger partial charge in [0.05, 0.1) is 20.5 Å². The average Bonchev–Trinajstić information content (AvgIpc) is 3.03. The highest BCUT2D eigenvalue weighted by atomic mass is 35.5. The summed E-state index contributed by atoms with van der Waals surface area (Å²) in [5, 5.41) is 9.07. The fraction of sp³-hybridized carbons (Fsp3) is 0. The zero-order chi connectivity index (χ0) is 16.6. The number of carbonyl (C=O) groups excluding carboxylic acids is 1. The number of thiocarbonyl (C=S) groups is 1. The number of amides is 1. The van der Waals surface area contributed by atoms with Crippen LogP contribution in [0.1, 0.15) is 15.2 Å². The minimum Gasteiger partial charge on any atom is -0.478 e. The van der Waals surface area contributed by atoms with Crippen LogP contribution in [0.2, 0.25) is 4.34 Å². The Morgan fingerprint density at radius 3 is 2.74 bits per heavy atom. The number of nitrogens with zero attached hydrogens (tertiary/aromatic N) is 1. The van der Waals surface area contributed by atoms with Crippen molar-refractivity contribution in [3.63, 3.8) is 0 Å². The van der Waals surface area contributed by atoms with Gasteiger partial charge in [-0.15, -0.1) is 11.3 Å². The van der Waals surface area contributed by atoms with Gasteiger partial charge in [0, 0.05) is 4.88 Å². The number of aromatic carboxylic acids is 1. The van der Waals surface area contributed by atoms with Gasteiger partial charge in [-0.1, -0.05) is 41.6 Å². The number of halogens is 1. The highest BCUT2D eigenvalue weighted by molar-refractivity contribution is 8.27.